The number of amides is 2. The van der Waals surface area contributed by atoms with Crippen LogP contribution in [0.3, 0.4) is 0 Å². The molecule has 1 heterocycles. The normalized spacial score (nSPS) is 21.3. The Labute approximate surface area is 90.2 Å². The Balaban J connectivity index is 2.29. The standard InChI is InChI=1S/C10H19N3O2/c1-13(2)7-6-12-10(15)8-4-3-5-11-9(8)14/h8H,3-7H2,1-2H3,(H,11,14)(H,12,15)/p+1/t8-/m1/s1. The van der Waals surface area contributed by atoms with Crippen LogP contribution in [0.15, 0.2) is 0 Å². The molecule has 1 saturated heterocycles. The van der Waals surface area contributed by atoms with Crippen molar-refractivity contribution in [1.29, 1.82) is 0 Å². The van der Waals surface area contributed by atoms with E-state index in [9.17, 15) is 9.59 Å². The summed E-state index contributed by atoms with van der Waals surface area (Å²) in [7, 11) is 4.05. The maximum atomic E-state index is 11.6. The van der Waals surface area contributed by atoms with Crippen LogP contribution in [-0.2, 0) is 9.59 Å². The van der Waals surface area contributed by atoms with Gasteiger partial charge in [0.15, 0.2) is 0 Å². The maximum absolute atomic E-state index is 11.6. The molecular formula is C10H20N3O2+. The second-order valence-electron chi connectivity index (χ2n) is 4.23. The van der Waals surface area contributed by atoms with Crippen molar-refractivity contribution >= 4 is 11.8 Å². The van der Waals surface area contributed by atoms with Crippen LogP contribution in [0.1, 0.15) is 12.8 Å². The number of hydrogen-bond donors (Lipinski definition) is 3. The monoisotopic (exact) mass is 214 g/mol. The van der Waals surface area contributed by atoms with E-state index in [-0.39, 0.29) is 11.8 Å². The first-order valence-corrected chi connectivity index (χ1v) is 5.45. The Bertz CT molecular complexity index is 241. The highest BCUT2D eigenvalue weighted by atomic mass is 16.2. The summed E-state index contributed by atoms with van der Waals surface area (Å²) in [5, 5.41) is 5.50. The lowest BCUT2D eigenvalue weighted by molar-refractivity contribution is -0.856. The molecule has 86 valence electrons. The molecule has 15 heavy (non-hydrogen) atoms. The fraction of sp³-hybridized carbons (Fsp3) is 0.800. The Hall–Kier alpha value is -1.10. The van der Waals surface area contributed by atoms with Gasteiger partial charge < -0.3 is 15.5 Å². The molecule has 2 amide bonds. The number of carbonyl (C=O) groups is 2. The number of likely N-dealkylation sites (N-methyl/N-ethyl adjacent to an activating group) is 1. The minimum absolute atomic E-state index is 0.129. The SMILES string of the molecule is C[NH+](C)CCNC(=O)[C@@H]1CCCNC1=O. The van der Waals surface area contributed by atoms with E-state index in [0.29, 0.717) is 19.5 Å². The first-order chi connectivity index (χ1) is 7.11. The van der Waals surface area contributed by atoms with E-state index in [2.05, 4.69) is 10.6 Å². The molecule has 0 saturated carbocycles. The lowest BCUT2D eigenvalue weighted by Crippen LogP contribution is -3.06. The van der Waals surface area contributed by atoms with Crippen molar-refractivity contribution in [3.05, 3.63) is 0 Å². The van der Waals surface area contributed by atoms with Crippen LogP contribution in [0.25, 0.3) is 0 Å². The first-order valence-electron chi connectivity index (χ1n) is 5.45. The molecule has 0 unspecified atom stereocenters. The molecule has 1 rings (SSSR count). The van der Waals surface area contributed by atoms with E-state index in [1.54, 1.807) is 0 Å². The fourth-order valence-corrected chi connectivity index (χ4v) is 1.58. The van der Waals surface area contributed by atoms with Crippen LogP contribution < -0.4 is 15.5 Å². The van der Waals surface area contributed by atoms with Crippen molar-refractivity contribution < 1.29 is 14.5 Å². The molecule has 0 aromatic heterocycles. The summed E-state index contributed by atoms with van der Waals surface area (Å²) < 4.78 is 0. The molecule has 1 fully saturated rings. The quantitative estimate of drug-likeness (QED) is 0.464. The lowest BCUT2D eigenvalue weighted by Gasteiger charge is -2.21. The fourth-order valence-electron chi connectivity index (χ4n) is 1.58. The maximum Gasteiger partial charge on any atom is 0.232 e. The Morgan fingerprint density at radius 2 is 2.33 bits per heavy atom. The lowest BCUT2D eigenvalue weighted by atomic mass is 9.98. The second kappa shape index (κ2) is 5.70. The van der Waals surface area contributed by atoms with Crippen LogP contribution in [0.4, 0.5) is 0 Å². The van der Waals surface area contributed by atoms with E-state index in [4.69, 9.17) is 0 Å². The molecule has 3 N–H and O–H groups in total. The third kappa shape index (κ3) is 3.87. The van der Waals surface area contributed by atoms with Gasteiger partial charge in [-0.25, -0.2) is 0 Å². The van der Waals surface area contributed by atoms with E-state index in [1.165, 1.54) is 4.90 Å². The van der Waals surface area contributed by atoms with Crippen LogP contribution in [-0.4, -0.2) is 45.5 Å². The molecule has 1 aliphatic rings. The van der Waals surface area contributed by atoms with Crippen molar-refractivity contribution in [2.45, 2.75) is 12.8 Å². The Kier molecular flexibility index (Phi) is 4.55. The first kappa shape index (κ1) is 12.0. The average Bonchev–Trinajstić information content (AvgIpc) is 2.17. The molecule has 0 spiro atoms. The summed E-state index contributed by atoms with van der Waals surface area (Å²) in [6, 6.07) is 0. The largest absolute Gasteiger partial charge is 0.355 e. The molecule has 0 aromatic carbocycles. The van der Waals surface area contributed by atoms with Gasteiger partial charge in [0.2, 0.25) is 11.8 Å². The van der Waals surface area contributed by atoms with Gasteiger partial charge in [-0.1, -0.05) is 0 Å². The van der Waals surface area contributed by atoms with Gasteiger partial charge in [0.25, 0.3) is 0 Å². The van der Waals surface area contributed by atoms with Gasteiger partial charge in [-0.05, 0) is 12.8 Å². The average molecular weight is 214 g/mol. The van der Waals surface area contributed by atoms with Gasteiger partial charge in [-0.2, -0.15) is 0 Å². The van der Waals surface area contributed by atoms with Crippen molar-refractivity contribution in [3.63, 3.8) is 0 Å². The molecular weight excluding hydrogens is 194 g/mol. The summed E-state index contributed by atoms with van der Waals surface area (Å²) in [5.41, 5.74) is 0. The van der Waals surface area contributed by atoms with Gasteiger partial charge in [-0.3, -0.25) is 9.59 Å². The number of piperidine rings is 1. The number of rotatable bonds is 4. The third-order valence-electron chi connectivity index (χ3n) is 2.53. The molecule has 1 aliphatic heterocycles. The molecule has 5 heteroatoms. The minimum atomic E-state index is -0.476. The van der Waals surface area contributed by atoms with Crippen LogP contribution in [0, 0.1) is 5.92 Å². The summed E-state index contributed by atoms with van der Waals surface area (Å²) in [6.45, 7) is 2.20. The van der Waals surface area contributed by atoms with Gasteiger partial charge in [0.05, 0.1) is 27.2 Å². The zero-order valence-corrected chi connectivity index (χ0v) is 9.43. The minimum Gasteiger partial charge on any atom is -0.355 e. The van der Waals surface area contributed by atoms with Crippen molar-refractivity contribution in [1.82, 2.24) is 10.6 Å². The van der Waals surface area contributed by atoms with Crippen molar-refractivity contribution in [2.24, 2.45) is 5.92 Å². The predicted octanol–water partition coefficient (Wildman–Crippen LogP) is -2.23. The zero-order chi connectivity index (χ0) is 11.3. The highest BCUT2D eigenvalue weighted by Gasteiger charge is 2.28. The Morgan fingerprint density at radius 1 is 1.60 bits per heavy atom. The van der Waals surface area contributed by atoms with Crippen LogP contribution >= 0.6 is 0 Å². The van der Waals surface area contributed by atoms with E-state index in [0.717, 1.165) is 13.0 Å². The highest BCUT2D eigenvalue weighted by molar-refractivity contribution is 6.00. The molecule has 0 radical (unpaired) electrons. The number of carbonyl (C=O) groups excluding carboxylic acids is 2. The van der Waals surface area contributed by atoms with Crippen molar-refractivity contribution in [2.75, 3.05) is 33.7 Å². The summed E-state index contributed by atoms with van der Waals surface area (Å²) in [6.07, 6.45) is 1.56. The topological polar surface area (TPSA) is 62.6 Å². The number of hydrogen-bond acceptors (Lipinski definition) is 2. The second-order valence-corrected chi connectivity index (χ2v) is 4.23. The molecule has 1 atom stereocenters. The zero-order valence-electron chi connectivity index (χ0n) is 9.43. The van der Waals surface area contributed by atoms with Gasteiger partial charge in [0.1, 0.15) is 5.92 Å². The van der Waals surface area contributed by atoms with E-state index >= 15 is 0 Å². The number of nitrogens with one attached hydrogen (secondary N) is 3. The Morgan fingerprint density at radius 3 is 2.93 bits per heavy atom. The summed E-state index contributed by atoms with van der Waals surface area (Å²) >= 11 is 0. The molecule has 0 bridgehead atoms. The summed E-state index contributed by atoms with van der Waals surface area (Å²) in [5.74, 6) is -0.736. The van der Waals surface area contributed by atoms with Gasteiger partial charge in [0, 0.05) is 6.54 Å². The molecule has 0 aliphatic carbocycles. The number of quaternary nitrogens is 1. The smallest absolute Gasteiger partial charge is 0.232 e. The van der Waals surface area contributed by atoms with Crippen molar-refractivity contribution in [3.8, 4) is 0 Å². The summed E-state index contributed by atoms with van der Waals surface area (Å²) in [4.78, 5) is 24.2. The predicted molar refractivity (Wildman–Crippen MR) is 56.4 cm³/mol. The van der Waals surface area contributed by atoms with E-state index in [1.807, 2.05) is 14.1 Å². The van der Waals surface area contributed by atoms with Crippen LogP contribution in [0.5, 0.6) is 0 Å². The molecule has 5 nitrogen and oxygen atoms in total. The molecule has 0 aromatic rings. The van der Waals surface area contributed by atoms with Crippen LogP contribution in [0.2, 0.25) is 0 Å². The van der Waals surface area contributed by atoms with Gasteiger partial charge in [-0.15, -0.1) is 0 Å². The van der Waals surface area contributed by atoms with Gasteiger partial charge >= 0.3 is 0 Å². The third-order valence-corrected chi connectivity index (χ3v) is 2.53. The van der Waals surface area contributed by atoms with E-state index < -0.39 is 5.92 Å². The highest BCUT2D eigenvalue weighted by Crippen LogP contribution is 2.10.